The first kappa shape index (κ1) is 30.1. The number of hydrogen-bond donors (Lipinski definition) is 2. The van der Waals surface area contributed by atoms with Gasteiger partial charge in [0.1, 0.15) is 5.60 Å². The van der Waals surface area contributed by atoms with E-state index in [1.165, 1.54) is 32.6 Å². The Labute approximate surface area is 242 Å². The zero-order chi connectivity index (χ0) is 29.8. The minimum absolute atomic E-state index is 0.122. The molecule has 0 radical (unpaired) electrons. The summed E-state index contributed by atoms with van der Waals surface area (Å²) in [7, 11) is 2.95. The molecule has 3 aromatic rings. The van der Waals surface area contributed by atoms with Crippen LogP contribution in [0, 0.1) is 0 Å². The average Bonchev–Trinajstić information content (AvgIpc) is 3.79. The normalized spacial score (nSPS) is 19.5. The molecule has 2 N–H and O–H groups in total. The van der Waals surface area contributed by atoms with Gasteiger partial charge in [-0.1, -0.05) is 60.7 Å². The third-order valence-corrected chi connectivity index (χ3v) is 7.65. The molecule has 2 atom stereocenters. The number of ether oxygens (including phenoxy) is 1. The molecule has 0 spiro atoms. The predicted octanol–water partition coefficient (Wildman–Crippen LogP) is 6.81. The van der Waals surface area contributed by atoms with Gasteiger partial charge in [-0.2, -0.15) is 0 Å². The van der Waals surface area contributed by atoms with Crippen LogP contribution in [0.3, 0.4) is 0 Å². The Kier molecular flexibility index (Phi) is 9.02. The lowest BCUT2D eigenvalue weighted by Crippen LogP contribution is -2.51. The summed E-state index contributed by atoms with van der Waals surface area (Å²) in [5.41, 5.74) is 3.59. The van der Waals surface area contributed by atoms with E-state index in [2.05, 4.69) is 41.4 Å². The first-order valence-corrected chi connectivity index (χ1v) is 14.1. The number of nitrogens with zero attached hydrogens (tertiary/aromatic N) is 3. The van der Waals surface area contributed by atoms with Crippen LogP contribution in [0.15, 0.2) is 72.9 Å². The van der Waals surface area contributed by atoms with Crippen molar-refractivity contribution >= 4 is 12.2 Å². The number of rotatable bonds is 7. The van der Waals surface area contributed by atoms with Crippen molar-refractivity contribution in [3.8, 4) is 11.1 Å². The van der Waals surface area contributed by atoms with Crippen molar-refractivity contribution in [1.82, 2.24) is 14.8 Å². The molecule has 8 heteroatoms. The van der Waals surface area contributed by atoms with Crippen molar-refractivity contribution in [2.75, 3.05) is 20.6 Å². The Bertz CT molecular complexity index is 1320. The third kappa shape index (κ3) is 7.64. The number of carbonyl (C=O) groups excluding carboxylic acids is 1. The molecule has 2 aliphatic rings. The Balaban J connectivity index is 0.000000585. The Morgan fingerprint density at radius 1 is 1.07 bits per heavy atom. The molecule has 1 aliphatic heterocycles. The van der Waals surface area contributed by atoms with Gasteiger partial charge in [-0.25, -0.2) is 9.59 Å². The zero-order valence-corrected chi connectivity index (χ0v) is 24.6. The summed E-state index contributed by atoms with van der Waals surface area (Å²) < 4.78 is 6.14. The molecule has 2 aromatic carbocycles. The van der Waals surface area contributed by atoms with Crippen LogP contribution in [0.2, 0.25) is 0 Å². The van der Waals surface area contributed by atoms with Crippen LogP contribution in [-0.2, 0) is 10.3 Å². The summed E-state index contributed by atoms with van der Waals surface area (Å²) in [5, 5.41) is 18.5. The summed E-state index contributed by atoms with van der Waals surface area (Å²) in [6, 6.07) is 22.3. The van der Waals surface area contributed by atoms with Gasteiger partial charge in [0.15, 0.2) is 0 Å². The minimum atomic E-state index is -0.967. The highest BCUT2D eigenvalue weighted by Gasteiger charge is 2.46. The van der Waals surface area contributed by atoms with E-state index in [9.17, 15) is 14.7 Å². The third-order valence-electron chi connectivity index (χ3n) is 7.65. The first-order valence-electron chi connectivity index (χ1n) is 14.1. The van der Waals surface area contributed by atoms with E-state index in [1.54, 1.807) is 18.7 Å². The topological polar surface area (TPSA) is 103 Å². The van der Waals surface area contributed by atoms with Gasteiger partial charge >= 0.3 is 12.2 Å². The van der Waals surface area contributed by atoms with Crippen molar-refractivity contribution in [2.45, 2.75) is 69.6 Å². The number of carboxylic acid groups (broad SMARTS) is 1. The molecule has 41 heavy (non-hydrogen) atoms. The van der Waals surface area contributed by atoms with Crippen molar-refractivity contribution < 1.29 is 24.5 Å². The number of carbonyl (C=O) groups is 2. The summed E-state index contributed by atoms with van der Waals surface area (Å²) >= 11 is 0. The van der Waals surface area contributed by atoms with E-state index in [0.717, 1.165) is 27.2 Å². The summed E-state index contributed by atoms with van der Waals surface area (Å²) in [6.07, 6.45) is 4.18. The van der Waals surface area contributed by atoms with Gasteiger partial charge < -0.3 is 24.7 Å². The van der Waals surface area contributed by atoms with Gasteiger partial charge in [-0.15, -0.1) is 0 Å². The monoisotopic (exact) mass is 559 g/mol. The molecular formula is C33H41N3O5. The Morgan fingerprint density at radius 3 is 2.17 bits per heavy atom. The van der Waals surface area contributed by atoms with E-state index in [4.69, 9.17) is 9.84 Å². The largest absolute Gasteiger partial charge is 0.465 e. The van der Waals surface area contributed by atoms with Crippen molar-refractivity contribution in [1.29, 1.82) is 0 Å². The molecule has 1 saturated heterocycles. The number of cyclic esters (lactones) is 1. The predicted molar refractivity (Wildman–Crippen MR) is 159 cm³/mol. The lowest BCUT2D eigenvalue weighted by molar-refractivity contribution is -0.101. The second-order valence-electron chi connectivity index (χ2n) is 11.9. The Hall–Kier alpha value is -3.91. The van der Waals surface area contributed by atoms with Gasteiger partial charge in [-0.05, 0) is 56.4 Å². The quantitative estimate of drug-likeness (QED) is 0.330. The molecule has 2 heterocycles. The fourth-order valence-electron chi connectivity index (χ4n) is 5.22. The van der Waals surface area contributed by atoms with Crippen LogP contribution in [0.4, 0.5) is 9.59 Å². The molecule has 0 bridgehead atoms. The number of benzene rings is 2. The molecule has 218 valence electrons. The fourth-order valence-corrected chi connectivity index (χ4v) is 5.22. The molecule has 0 unspecified atom stereocenters. The van der Waals surface area contributed by atoms with Gasteiger partial charge in [0.2, 0.25) is 0 Å². The van der Waals surface area contributed by atoms with Crippen LogP contribution in [0.1, 0.15) is 75.2 Å². The number of aromatic nitrogens is 1. The van der Waals surface area contributed by atoms with E-state index in [-0.39, 0.29) is 12.1 Å². The van der Waals surface area contributed by atoms with Crippen molar-refractivity contribution in [3.63, 3.8) is 0 Å². The van der Waals surface area contributed by atoms with Gasteiger partial charge in [-0.3, -0.25) is 4.98 Å². The average molecular weight is 560 g/mol. The van der Waals surface area contributed by atoms with E-state index >= 15 is 0 Å². The standard InChI is InChI=1S/C30H34N2O3.C3H7NO2/c1-21(22-9-11-23(12-10-22)25-15-16-27(31-19-25)24-13-14-24)32-18-17-30(35-28(32)33,20-29(2,3)34)26-7-5-4-6-8-26;1-4(2)3(5)6/h4-12,15-16,19,21,24,34H,13-14,17-18,20H2,1-3H3;1-2H3,(H,5,6)/t21-,30-;/m0./s1. The van der Waals surface area contributed by atoms with Gasteiger partial charge in [0.25, 0.3) is 0 Å². The highest BCUT2D eigenvalue weighted by atomic mass is 16.6. The van der Waals surface area contributed by atoms with Crippen LogP contribution < -0.4 is 0 Å². The molecular weight excluding hydrogens is 518 g/mol. The maximum absolute atomic E-state index is 13.3. The number of pyridine rings is 1. The number of amides is 2. The zero-order valence-electron chi connectivity index (χ0n) is 24.6. The molecule has 1 saturated carbocycles. The smallest absolute Gasteiger partial charge is 0.411 e. The van der Waals surface area contributed by atoms with Crippen LogP contribution in [0.25, 0.3) is 11.1 Å². The van der Waals surface area contributed by atoms with Crippen molar-refractivity contribution in [3.05, 3.63) is 89.7 Å². The minimum Gasteiger partial charge on any atom is -0.465 e. The second kappa shape index (κ2) is 12.3. The van der Waals surface area contributed by atoms with Crippen LogP contribution in [-0.4, -0.2) is 63.4 Å². The molecule has 1 aromatic heterocycles. The maximum atomic E-state index is 13.3. The molecule has 2 amide bonds. The Morgan fingerprint density at radius 2 is 1.68 bits per heavy atom. The second-order valence-corrected chi connectivity index (χ2v) is 11.9. The van der Waals surface area contributed by atoms with Gasteiger partial charge in [0, 0.05) is 56.9 Å². The number of aliphatic hydroxyl groups is 1. The van der Waals surface area contributed by atoms with Crippen LogP contribution >= 0.6 is 0 Å². The highest BCUT2D eigenvalue weighted by Crippen LogP contribution is 2.42. The lowest BCUT2D eigenvalue weighted by Gasteiger charge is -2.45. The van der Waals surface area contributed by atoms with E-state index in [0.29, 0.717) is 25.3 Å². The fraction of sp³-hybridized carbons (Fsp3) is 0.424. The molecule has 8 nitrogen and oxygen atoms in total. The summed E-state index contributed by atoms with van der Waals surface area (Å²) in [5.74, 6) is 0.653. The summed E-state index contributed by atoms with van der Waals surface area (Å²) in [6.45, 7) is 6.11. The maximum Gasteiger partial charge on any atom is 0.411 e. The molecule has 1 aliphatic carbocycles. The lowest BCUT2D eigenvalue weighted by atomic mass is 9.80. The number of hydrogen-bond acceptors (Lipinski definition) is 5. The molecule has 5 rings (SSSR count). The van der Waals surface area contributed by atoms with E-state index < -0.39 is 17.3 Å². The molecule has 2 fully saturated rings. The highest BCUT2D eigenvalue weighted by molar-refractivity contribution is 5.70. The SMILES string of the molecule is CN(C)C(=O)O.C[C@@H](c1ccc(-c2ccc(C3CC3)nc2)cc1)N1CC[C@](CC(C)(C)O)(c2ccccc2)OC1=O. The van der Waals surface area contributed by atoms with E-state index in [1.807, 2.05) is 43.5 Å². The summed E-state index contributed by atoms with van der Waals surface area (Å²) in [4.78, 5) is 30.4. The van der Waals surface area contributed by atoms with Crippen molar-refractivity contribution in [2.24, 2.45) is 0 Å². The van der Waals surface area contributed by atoms with Crippen LogP contribution in [0.5, 0.6) is 0 Å². The first-order chi connectivity index (χ1) is 19.4. The van der Waals surface area contributed by atoms with Gasteiger partial charge in [0.05, 0.1) is 11.6 Å².